The van der Waals surface area contributed by atoms with Crippen molar-refractivity contribution in [3.8, 4) is 5.75 Å². The van der Waals surface area contributed by atoms with Gasteiger partial charge in [-0.3, -0.25) is 0 Å². The van der Waals surface area contributed by atoms with E-state index in [2.05, 4.69) is 41.2 Å². The quantitative estimate of drug-likeness (QED) is 0.821. The molecule has 0 aliphatic carbocycles. The van der Waals surface area contributed by atoms with E-state index >= 15 is 0 Å². The van der Waals surface area contributed by atoms with Gasteiger partial charge in [-0.05, 0) is 37.0 Å². The second-order valence-electron chi connectivity index (χ2n) is 5.37. The van der Waals surface area contributed by atoms with Gasteiger partial charge in [-0.25, -0.2) is 4.98 Å². The Hall–Kier alpha value is -2.17. The largest absolute Gasteiger partial charge is 0.496 e. The van der Waals surface area contributed by atoms with Crippen LogP contribution in [-0.2, 0) is 19.4 Å². The summed E-state index contributed by atoms with van der Waals surface area (Å²) in [5, 5.41) is 8.55. The molecule has 0 N–H and O–H groups in total. The first-order chi connectivity index (χ1) is 10.6. The molecule has 118 valence electrons. The van der Waals surface area contributed by atoms with Crippen molar-refractivity contribution < 1.29 is 4.74 Å². The third-order valence-corrected chi connectivity index (χ3v) is 3.72. The van der Waals surface area contributed by atoms with E-state index in [0.29, 0.717) is 5.95 Å². The van der Waals surface area contributed by atoms with Gasteiger partial charge < -0.3 is 9.64 Å². The average molecular weight is 300 g/mol. The Labute approximate surface area is 132 Å². The fourth-order valence-corrected chi connectivity index (χ4v) is 2.47. The van der Waals surface area contributed by atoms with Gasteiger partial charge in [0.2, 0.25) is 5.95 Å². The molecule has 22 heavy (non-hydrogen) atoms. The maximum atomic E-state index is 5.30. The topological polar surface area (TPSA) is 51.1 Å². The van der Waals surface area contributed by atoms with E-state index in [0.717, 1.165) is 42.1 Å². The lowest BCUT2D eigenvalue weighted by Crippen LogP contribution is -2.21. The lowest BCUT2D eigenvalue weighted by molar-refractivity contribution is 0.411. The second kappa shape index (κ2) is 7.20. The third kappa shape index (κ3) is 3.53. The summed E-state index contributed by atoms with van der Waals surface area (Å²) >= 11 is 0. The third-order valence-electron chi connectivity index (χ3n) is 3.72. The van der Waals surface area contributed by atoms with E-state index in [-0.39, 0.29) is 0 Å². The van der Waals surface area contributed by atoms with Crippen LogP contribution in [0.5, 0.6) is 5.75 Å². The van der Waals surface area contributed by atoms with Gasteiger partial charge in [-0.1, -0.05) is 26.0 Å². The SMILES string of the molecule is CCc1nnc(N(C)Cc2ccc(OC)c(C)c2)nc1CC. The monoisotopic (exact) mass is 300 g/mol. The fourth-order valence-electron chi connectivity index (χ4n) is 2.47. The summed E-state index contributed by atoms with van der Waals surface area (Å²) in [6.07, 6.45) is 1.74. The molecule has 1 heterocycles. The number of ether oxygens (including phenoxy) is 1. The van der Waals surface area contributed by atoms with Crippen LogP contribution in [-0.4, -0.2) is 29.3 Å². The predicted octanol–water partition coefficient (Wildman–Crippen LogP) is 2.95. The lowest BCUT2D eigenvalue weighted by atomic mass is 10.1. The Morgan fingerprint density at radius 1 is 1.09 bits per heavy atom. The molecule has 0 fully saturated rings. The molecule has 0 radical (unpaired) electrons. The molecule has 0 atom stereocenters. The van der Waals surface area contributed by atoms with Gasteiger partial charge in [0.25, 0.3) is 0 Å². The molecule has 1 aromatic carbocycles. The van der Waals surface area contributed by atoms with Gasteiger partial charge in [-0.15, -0.1) is 5.10 Å². The minimum absolute atomic E-state index is 0.669. The van der Waals surface area contributed by atoms with Gasteiger partial charge in [0.05, 0.1) is 18.5 Å². The van der Waals surface area contributed by atoms with Crippen LogP contribution in [0.2, 0.25) is 0 Å². The zero-order valence-electron chi connectivity index (χ0n) is 14.1. The molecular formula is C17H24N4O. The van der Waals surface area contributed by atoms with Crippen molar-refractivity contribution in [2.45, 2.75) is 40.2 Å². The highest BCUT2D eigenvalue weighted by atomic mass is 16.5. The van der Waals surface area contributed by atoms with Crippen LogP contribution >= 0.6 is 0 Å². The zero-order valence-corrected chi connectivity index (χ0v) is 14.1. The van der Waals surface area contributed by atoms with E-state index < -0.39 is 0 Å². The molecule has 2 rings (SSSR count). The Bertz CT molecular complexity index is 643. The molecule has 2 aromatic rings. The van der Waals surface area contributed by atoms with E-state index in [1.807, 2.05) is 24.9 Å². The number of methoxy groups -OCH3 is 1. The van der Waals surface area contributed by atoms with E-state index in [4.69, 9.17) is 4.74 Å². The molecule has 0 bridgehead atoms. The Morgan fingerprint density at radius 2 is 1.82 bits per heavy atom. The van der Waals surface area contributed by atoms with Gasteiger partial charge in [-0.2, -0.15) is 5.10 Å². The van der Waals surface area contributed by atoms with E-state index in [1.165, 1.54) is 5.56 Å². The molecule has 0 spiro atoms. The minimum Gasteiger partial charge on any atom is -0.496 e. The Balaban J connectivity index is 2.18. The molecule has 0 saturated heterocycles. The zero-order chi connectivity index (χ0) is 16.1. The first-order valence-electron chi connectivity index (χ1n) is 7.66. The predicted molar refractivity (Wildman–Crippen MR) is 88.4 cm³/mol. The molecule has 5 nitrogen and oxygen atoms in total. The Kier molecular flexibility index (Phi) is 5.31. The number of aromatic nitrogens is 3. The fraction of sp³-hybridized carbons (Fsp3) is 0.471. The van der Waals surface area contributed by atoms with Gasteiger partial charge in [0.15, 0.2) is 0 Å². The molecule has 0 amide bonds. The molecule has 0 unspecified atom stereocenters. The van der Waals surface area contributed by atoms with Gasteiger partial charge in [0, 0.05) is 13.6 Å². The summed E-state index contributed by atoms with van der Waals surface area (Å²) in [4.78, 5) is 6.66. The maximum Gasteiger partial charge on any atom is 0.245 e. The van der Waals surface area contributed by atoms with Crippen molar-refractivity contribution in [2.24, 2.45) is 0 Å². The highest BCUT2D eigenvalue weighted by molar-refractivity contribution is 5.38. The first kappa shape index (κ1) is 16.2. The van der Waals surface area contributed by atoms with Crippen molar-refractivity contribution >= 4 is 5.95 Å². The summed E-state index contributed by atoms with van der Waals surface area (Å²) in [6, 6.07) is 6.19. The molecule has 5 heteroatoms. The summed E-state index contributed by atoms with van der Waals surface area (Å²) in [6.45, 7) is 6.96. The highest BCUT2D eigenvalue weighted by Gasteiger charge is 2.11. The summed E-state index contributed by atoms with van der Waals surface area (Å²) in [5.41, 5.74) is 4.34. The van der Waals surface area contributed by atoms with E-state index in [1.54, 1.807) is 7.11 Å². The number of anilines is 1. The van der Waals surface area contributed by atoms with Crippen molar-refractivity contribution in [1.29, 1.82) is 0 Å². The standard InChI is InChI=1S/C17H24N4O/c1-6-14-15(7-2)19-20-17(18-14)21(4)11-13-8-9-16(22-5)12(3)10-13/h8-10H,6-7,11H2,1-5H3. The van der Waals surface area contributed by atoms with Crippen LogP contribution < -0.4 is 9.64 Å². The van der Waals surface area contributed by atoms with Crippen molar-refractivity contribution in [3.63, 3.8) is 0 Å². The van der Waals surface area contributed by atoms with Crippen molar-refractivity contribution in [2.75, 3.05) is 19.1 Å². The summed E-state index contributed by atoms with van der Waals surface area (Å²) in [7, 11) is 3.68. The molecule has 0 aliphatic heterocycles. The van der Waals surface area contributed by atoms with Crippen LogP contribution in [0.1, 0.15) is 36.4 Å². The van der Waals surface area contributed by atoms with Crippen molar-refractivity contribution in [3.05, 3.63) is 40.7 Å². The maximum absolute atomic E-state index is 5.30. The number of nitrogens with zero attached hydrogens (tertiary/aromatic N) is 4. The van der Waals surface area contributed by atoms with Crippen LogP contribution in [0.25, 0.3) is 0 Å². The van der Waals surface area contributed by atoms with Crippen molar-refractivity contribution in [1.82, 2.24) is 15.2 Å². The van der Waals surface area contributed by atoms with Crippen LogP contribution in [0.4, 0.5) is 5.95 Å². The summed E-state index contributed by atoms with van der Waals surface area (Å²) < 4.78 is 5.30. The Morgan fingerprint density at radius 3 is 2.41 bits per heavy atom. The molecule has 0 aliphatic rings. The normalized spacial score (nSPS) is 10.6. The molecule has 0 saturated carbocycles. The van der Waals surface area contributed by atoms with Crippen LogP contribution in [0.3, 0.4) is 0 Å². The van der Waals surface area contributed by atoms with Crippen LogP contribution in [0.15, 0.2) is 18.2 Å². The number of rotatable bonds is 6. The minimum atomic E-state index is 0.669. The average Bonchev–Trinajstić information content (AvgIpc) is 2.54. The number of benzene rings is 1. The second-order valence-corrected chi connectivity index (χ2v) is 5.37. The van der Waals surface area contributed by atoms with Gasteiger partial charge >= 0.3 is 0 Å². The highest BCUT2D eigenvalue weighted by Crippen LogP contribution is 2.20. The number of hydrogen-bond donors (Lipinski definition) is 0. The molecule has 1 aromatic heterocycles. The number of aryl methyl sites for hydroxylation is 3. The molecular weight excluding hydrogens is 276 g/mol. The number of hydrogen-bond acceptors (Lipinski definition) is 5. The van der Waals surface area contributed by atoms with E-state index in [9.17, 15) is 0 Å². The first-order valence-corrected chi connectivity index (χ1v) is 7.66. The summed E-state index contributed by atoms with van der Waals surface area (Å²) in [5.74, 6) is 1.58. The van der Waals surface area contributed by atoms with Gasteiger partial charge in [0.1, 0.15) is 5.75 Å². The van der Waals surface area contributed by atoms with Crippen LogP contribution in [0, 0.1) is 6.92 Å². The lowest BCUT2D eigenvalue weighted by Gasteiger charge is -2.18. The smallest absolute Gasteiger partial charge is 0.245 e.